The topological polar surface area (TPSA) is 69.4 Å². The molecule has 3 atom stereocenters. The van der Waals surface area contributed by atoms with Gasteiger partial charge in [0.25, 0.3) is 0 Å². The molecule has 0 aliphatic heterocycles. The molecule has 25 heavy (non-hydrogen) atoms. The first-order valence-corrected chi connectivity index (χ1v) is 9.84. The van der Waals surface area contributed by atoms with Crippen molar-refractivity contribution in [2.45, 2.75) is 28.5 Å². The van der Waals surface area contributed by atoms with Gasteiger partial charge >= 0.3 is 0 Å². The predicted molar refractivity (Wildman–Crippen MR) is 95.0 cm³/mol. The Morgan fingerprint density at radius 2 is 1.92 bits per heavy atom. The summed E-state index contributed by atoms with van der Waals surface area (Å²) in [5.41, 5.74) is 5.87. The fourth-order valence-electron chi connectivity index (χ4n) is 3.30. The third-order valence-corrected chi connectivity index (χ3v) is 7.10. The van der Waals surface area contributed by atoms with Crippen molar-refractivity contribution < 1.29 is 17.5 Å². The molecule has 0 spiro atoms. The standard InChI is InChI=1S/C18H19ClFNO3S/c1-2-24-11-18(21)16(12-4-3-5-14(20)10-12)17(18)25(22,23)15-8-6-13(19)7-9-15/h3-10,16-17H,2,11,21H2,1H3. The molecule has 0 saturated heterocycles. The second kappa shape index (κ2) is 6.68. The lowest BCUT2D eigenvalue weighted by molar-refractivity contribution is 0.125. The molecule has 0 bridgehead atoms. The molecule has 134 valence electrons. The maximum absolute atomic E-state index is 13.6. The molecular formula is C18H19ClFNO3S. The van der Waals surface area contributed by atoms with Crippen molar-refractivity contribution in [3.63, 3.8) is 0 Å². The van der Waals surface area contributed by atoms with Crippen LogP contribution in [0, 0.1) is 5.82 Å². The molecule has 1 aliphatic rings. The van der Waals surface area contributed by atoms with Crippen LogP contribution < -0.4 is 5.73 Å². The first-order valence-electron chi connectivity index (χ1n) is 7.92. The highest BCUT2D eigenvalue weighted by atomic mass is 35.5. The summed E-state index contributed by atoms with van der Waals surface area (Å²) in [6.07, 6.45) is 0. The highest BCUT2D eigenvalue weighted by Crippen LogP contribution is 2.55. The highest BCUT2D eigenvalue weighted by Gasteiger charge is 2.69. The summed E-state index contributed by atoms with van der Waals surface area (Å²) in [7, 11) is -3.72. The maximum atomic E-state index is 13.6. The second-order valence-electron chi connectivity index (χ2n) is 6.20. The molecular weight excluding hydrogens is 365 g/mol. The van der Waals surface area contributed by atoms with Crippen LogP contribution in [0.25, 0.3) is 0 Å². The molecule has 1 saturated carbocycles. The third kappa shape index (κ3) is 3.31. The van der Waals surface area contributed by atoms with Gasteiger partial charge in [-0.3, -0.25) is 0 Å². The van der Waals surface area contributed by atoms with Gasteiger partial charge in [-0.2, -0.15) is 0 Å². The van der Waals surface area contributed by atoms with E-state index in [9.17, 15) is 12.8 Å². The van der Waals surface area contributed by atoms with Gasteiger partial charge in [-0.1, -0.05) is 23.7 Å². The lowest BCUT2D eigenvalue weighted by Gasteiger charge is -2.12. The molecule has 0 heterocycles. The summed E-state index contributed by atoms with van der Waals surface area (Å²) >= 11 is 5.84. The first kappa shape index (κ1) is 18.3. The van der Waals surface area contributed by atoms with Crippen molar-refractivity contribution in [1.82, 2.24) is 0 Å². The monoisotopic (exact) mass is 383 g/mol. The van der Waals surface area contributed by atoms with Crippen LogP contribution in [0.1, 0.15) is 18.4 Å². The number of sulfone groups is 1. The number of hydrogen-bond acceptors (Lipinski definition) is 4. The van der Waals surface area contributed by atoms with Gasteiger partial charge in [-0.15, -0.1) is 0 Å². The van der Waals surface area contributed by atoms with E-state index in [4.69, 9.17) is 22.1 Å². The summed E-state index contributed by atoms with van der Waals surface area (Å²) < 4.78 is 45.2. The normalized spacial score (nSPS) is 25.8. The largest absolute Gasteiger partial charge is 0.380 e. The van der Waals surface area contributed by atoms with E-state index in [0.717, 1.165) is 0 Å². The lowest BCUT2D eigenvalue weighted by atomic mass is 10.1. The quantitative estimate of drug-likeness (QED) is 0.831. The molecule has 3 unspecified atom stereocenters. The van der Waals surface area contributed by atoms with Gasteiger partial charge in [0, 0.05) is 17.5 Å². The first-order chi connectivity index (χ1) is 11.8. The molecule has 0 aromatic heterocycles. The van der Waals surface area contributed by atoms with E-state index in [-0.39, 0.29) is 11.5 Å². The van der Waals surface area contributed by atoms with Crippen LogP contribution in [0.5, 0.6) is 0 Å². The van der Waals surface area contributed by atoms with Gasteiger partial charge < -0.3 is 10.5 Å². The van der Waals surface area contributed by atoms with Crippen molar-refractivity contribution in [3.05, 3.63) is 64.9 Å². The van der Waals surface area contributed by atoms with Crippen molar-refractivity contribution in [3.8, 4) is 0 Å². The van der Waals surface area contributed by atoms with E-state index < -0.39 is 32.4 Å². The molecule has 7 heteroatoms. The summed E-state index contributed by atoms with van der Waals surface area (Å²) in [6.45, 7) is 2.32. The fraction of sp³-hybridized carbons (Fsp3) is 0.333. The minimum Gasteiger partial charge on any atom is -0.380 e. The molecule has 0 radical (unpaired) electrons. The predicted octanol–water partition coefficient (Wildman–Crippen LogP) is 3.15. The number of rotatable bonds is 6. The van der Waals surface area contributed by atoms with Gasteiger partial charge in [-0.05, 0) is 48.9 Å². The Kier molecular flexibility index (Phi) is 4.90. The molecule has 1 aliphatic carbocycles. The van der Waals surface area contributed by atoms with E-state index in [1.165, 1.54) is 36.4 Å². The zero-order valence-corrected chi connectivity index (χ0v) is 15.2. The summed E-state index contributed by atoms with van der Waals surface area (Å²) in [4.78, 5) is 0.145. The van der Waals surface area contributed by atoms with Crippen molar-refractivity contribution in [2.75, 3.05) is 13.2 Å². The Morgan fingerprint density at radius 3 is 2.52 bits per heavy atom. The molecule has 1 fully saturated rings. The number of nitrogens with two attached hydrogens (primary N) is 1. The van der Waals surface area contributed by atoms with Crippen LogP contribution in [0.3, 0.4) is 0 Å². The van der Waals surface area contributed by atoms with Gasteiger partial charge in [0.1, 0.15) is 5.82 Å². The Morgan fingerprint density at radius 1 is 1.24 bits per heavy atom. The molecule has 2 N–H and O–H groups in total. The molecule has 2 aromatic rings. The van der Waals surface area contributed by atoms with Crippen molar-refractivity contribution >= 4 is 21.4 Å². The number of ether oxygens (including phenoxy) is 1. The molecule has 3 rings (SSSR count). The minimum atomic E-state index is -3.72. The lowest BCUT2D eigenvalue weighted by Crippen LogP contribution is -2.36. The van der Waals surface area contributed by atoms with Crippen LogP contribution in [-0.2, 0) is 14.6 Å². The minimum absolute atomic E-state index is 0.0855. The number of hydrogen-bond donors (Lipinski definition) is 1. The van der Waals surface area contributed by atoms with Gasteiger partial charge in [0.2, 0.25) is 0 Å². The average molecular weight is 384 g/mol. The third-order valence-electron chi connectivity index (χ3n) is 4.54. The SMILES string of the molecule is CCOCC1(N)C(c2cccc(F)c2)C1S(=O)(=O)c1ccc(Cl)cc1. The van der Waals surface area contributed by atoms with Crippen LogP contribution in [-0.4, -0.2) is 32.4 Å². The summed E-state index contributed by atoms with van der Waals surface area (Å²) in [5, 5.41) is -0.431. The van der Waals surface area contributed by atoms with Gasteiger partial charge in [-0.25, -0.2) is 12.8 Å². The smallest absolute Gasteiger partial charge is 0.183 e. The van der Waals surface area contributed by atoms with E-state index >= 15 is 0 Å². The Balaban J connectivity index is 2.01. The highest BCUT2D eigenvalue weighted by molar-refractivity contribution is 7.92. The van der Waals surface area contributed by atoms with Crippen LogP contribution >= 0.6 is 11.6 Å². The Bertz CT molecular complexity index is 872. The second-order valence-corrected chi connectivity index (χ2v) is 8.71. The zero-order valence-electron chi connectivity index (χ0n) is 13.7. The van der Waals surface area contributed by atoms with E-state index in [1.54, 1.807) is 12.1 Å². The van der Waals surface area contributed by atoms with E-state index in [0.29, 0.717) is 17.2 Å². The van der Waals surface area contributed by atoms with E-state index in [1.807, 2.05) is 6.92 Å². The molecule has 2 aromatic carbocycles. The Hall–Kier alpha value is -1.47. The fourth-order valence-corrected chi connectivity index (χ4v) is 5.71. The van der Waals surface area contributed by atoms with Crippen molar-refractivity contribution in [1.29, 1.82) is 0 Å². The molecule has 4 nitrogen and oxygen atoms in total. The summed E-state index contributed by atoms with van der Waals surface area (Å²) in [6, 6.07) is 11.8. The van der Waals surface area contributed by atoms with Gasteiger partial charge in [0.05, 0.1) is 22.3 Å². The number of benzene rings is 2. The number of halogens is 2. The summed E-state index contributed by atoms with van der Waals surface area (Å²) in [5.74, 6) is -0.957. The maximum Gasteiger partial charge on any atom is 0.183 e. The van der Waals surface area contributed by atoms with Crippen LogP contribution in [0.4, 0.5) is 4.39 Å². The van der Waals surface area contributed by atoms with Crippen LogP contribution in [0.2, 0.25) is 5.02 Å². The zero-order chi connectivity index (χ0) is 18.2. The Labute approximate surface area is 151 Å². The van der Waals surface area contributed by atoms with Crippen LogP contribution in [0.15, 0.2) is 53.4 Å². The van der Waals surface area contributed by atoms with E-state index in [2.05, 4.69) is 0 Å². The molecule has 0 amide bonds. The van der Waals surface area contributed by atoms with Gasteiger partial charge in [0.15, 0.2) is 9.84 Å². The van der Waals surface area contributed by atoms with Crippen molar-refractivity contribution in [2.24, 2.45) is 5.73 Å². The average Bonchev–Trinajstić information content (AvgIpc) is 3.20.